The van der Waals surface area contributed by atoms with E-state index in [2.05, 4.69) is 5.32 Å². The molecular formula is C27H25F3N2O2. The van der Waals surface area contributed by atoms with Gasteiger partial charge in [0.2, 0.25) is 5.91 Å². The lowest BCUT2D eigenvalue weighted by Gasteiger charge is -2.30. The zero-order chi connectivity index (χ0) is 24.5. The second kappa shape index (κ2) is 9.33. The highest BCUT2D eigenvalue weighted by atomic mass is 19.4. The van der Waals surface area contributed by atoms with Gasteiger partial charge in [-0.3, -0.25) is 9.59 Å². The fourth-order valence-corrected chi connectivity index (χ4v) is 4.15. The number of benzene rings is 3. The second-order valence-corrected chi connectivity index (χ2v) is 8.72. The van der Waals surface area contributed by atoms with Crippen molar-refractivity contribution in [2.45, 2.75) is 33.0 Å². The van der Waals surface area contributed by atoms with Crippen LogP contribution in [-0.4, -0.2) is 23.3 Å². The Morgan fingerprint density at radius 3 is 2.32 bits per heavy atom. The highest BCUT2D eigenvalue weighted by Gasteiger charge is 2.30. The maximum absolute atomic E-state index is 13.1. The molecule has 1 aliphatic heterocycles. The van der Waals surface area contributed by atoms with Crippen LogP contribution in [0.3, 0.4) is 0 Å². The Bertz CT molecular complexity index is 1220. The number of hydrogen-bond donors (Lipinski definition) is 1. The minimum absolute atomic E-state index is 0.0511. The predicted octanol–water partition coefficient (Wildman–Crippen LogP) is 6.17. The number of carbonyl (C=O) groups is 2. The molecule has 0 fully saturated rings. The van der Waals surface area contributed by atoms with Crippen molar-refractivity contribution in [1.82, 2.24) is 4.90 Å². The van der Waals surface area contributed by atoms with Gasteiger partial charge in [0.1, 0.15) is 0 Å². The number of anilines is 1. The van der Waals surface area contributed by atoms with Crippen molar-refractivity contribution in [3.63, 3.8) is 0 Å². The summed E-state index contributed by atoms with van der Waals surface area (Å²) in [5, 5.41) is 2.91. The van der Waals surface area contributed by atoms with Gasteiger partial charge in [-0.25, -0.2) is 0 Å². The van der Waals surface area contributed by atoms with Gasteiger partial charge in [0, 0.05) is 30.3 Å². The Morgan fingerprint density at radius 2 is 1.65 bits per heavy atom. The molecule has 176 valence electrons. The van der Waals surface area contributed by atoms with Gasteiger partial charge in [-0.2, -0.15) is 13.2 Å². The van der Waals surface area contributed by atoms with E-state index < -0.39 is 11.7 Å². The summed E-state index contributed by atoms with van der Waals surface area (Å²) in [5.41, 5.74) is 3.49. The summed E-state index contributed by atoms with van der Waals surface area (Å²) < 4.78 is 38.7. The number of rotatable bonds is 4. The number of carbonyl (C=O) groups excluding carboxylic acids is 2. The summed E-state index contributed by atoms with van der Waals surface area (Å²) in [6.07, 6.45) is -3.71. The molecule has 0 saturated carbocycles. The first-order valence-electron chi connectivity index (χ1n) is 11.1. The number of amides is 2. The topological polar surface area (TPSA) is 49.4 Å². The Hall–Kier alpha value is -3.61. The van der Waals surface area contributed by atoms with E-state index in [4.69, 9.17) is 0 Å². The number of nitrogens with zero attached hydrogens (tertiary/aromatic N) is 1. The van der Waals surface area contributed by atoms with E-state index in [0.717, 1.165) is 23.3 Å². The average molecular weight is 467 g/mol. The van der Waals surface area contributed by atoms with E-state index in [1.165, 1.54) is 12.1 Å². The zero-order valence-electron chi connectivity index (χ0n) is 18.9. The van der Waals surface area contributed by atoms with Crippen LogP contribution in [0.4, 0.5) is 18.9 Å². The van der Waals surface area contributed by atoms with Crippen molar-refractivity contribution < 1.29 is 22.8 Å². The summed E-state index contributed by atoms with van der Waals surface area (Å²) in [5.74, 6) is -0.268. The van der Waals surface area contributed by atoms with E-state index in [9.17, 15) is 22.8 Å². The van der Waals surface area contributed by atoms with Gasteiger partial charge in [0.25, 0.3) is 5.91 Å². The molecule has 0 spiro atoms. The van der Waals surface area contributed by atoms with Crippen LogP contribution < -0.4 is 5.32 Å². The Labute approximate surface area is 196 Å². The molecule has 1 heterocycles. The SMILES string of the molecule is CC(C)C(=O)N1CCc2cc(NC(=O)c3ccccc3-c3ccc(C(F)(F)F)cc3)ccc2C1. The van der Waals surface area contributed by atoms with Crippen LogP contribution in [0.25, 0.3) is 11.1 Å². The monoisotopic (exact) mass is 466 g/mol. The smallest absolute Gasteiger partial charge is 0.338 e. The van der Waals surface area contributed by atoms with Gasteiger partial charge < -0.3 is 10.2 Å². The van der Waals surface area contributed by atoms with E-state index in [1.54, 1.807) is 30.3 Å². The standard InChI is InChI=1S/C27H25F3N2O2/c1-17(2)26(34)32-14-13-19-15-22(12-9-20(19)16-32)31-25(33)24-6-4-3-5-23(24)18-7-10-21(11-8-18)27(28,29)30/h3-12,15,17H,13-14,16H2,1-2H3,(H,31,33). The molecule has 0 atom stereocenters. The molecule has 0 bridgehead atoms. The molecule has 3 aromatic rings. The average Bonchev–Trinajstić information content (AvgIpc) is 2.82. The van der Waals surface area contributed by atoms with Crippen LogP contribution in [0.15, 0.2) is 66.7 Å². The molecule has 0 aromatic heterocycles. The Morgan fingerprint density at radius 1 is 0.941 bits per heavy atom. The molecule has 0 saturated heterocycles. The first-order chi connectivity index (χ1) is 16.1. The van der Waals surface area contributed by atoms with Gasteiger partial charge >= 0.3 is 6.18 Å². The van der Waals surface area contributed by atoms with Crippen LogP contribution in [0, 0.1) is 5.92 Å². The van der Waals surface area contributed by atoms with Crippen molar-refractivity contribution in [2.75, 3.05) is 11.9 Å². The lowest BCUT2D eigenvalue weighted by Crippen LogP contribution is -2.38. The number of nitrogens with one attached hydrogen (secondary N) is 1. The molecule has 4 rings (SSSR count). The van der Waals surface area contributed by atoms with Crippen LogP contribution in [0.1, 0.15) is 40.9 Å². The first kappa shape index (κ1) is 23.5. The summed E-state index contributed by atoms with van der Waals surface area (Å²) >= 11 is 0. The highest BCUT2D eigenvalue weighted by Crippen LogP contribution is 2.32. The molecule has 0 unspecified atom stereocenters. The summed E-state index contributed by atoms with van der Waals surface area (Å²) in [4.78, 5) is 27.2. The highest BCUT2D eigenvalue weighted by molar-refractivity contribution is 6.08. The molecular weight excluding hydrogens is 441 g/mol. The number of hydrogen-bond acceptors (Lipinski definition) is 2. The summed E-state index contributed by atoms with van der Waals surface area (Å²) in [6, 6.07) is 17.2. The summed E-state index contributed by atoms with van der Waals surface area (Å²) in [7, 11) is 0. The van der Waals surface area contributed by atoms with Crippen LogP contribution in [0.5, 0.6) is 0 Å². The third kappa shape index (κ3) is 4.98. The second-order valence-electron chi connectivity index (χ2n) is 8.72. The zero-order valence-corrected chi connectivity index (χ0v) is 18.9. The van der Waals surface area contributed by atoms with Crippen molar-refractivity contribution in [3.8, 4) is 11.1 Å². The summed E-state index contributed by atoms with van der Waals surface area (Å²) in [6.45, 7) is 4.97. The van der Waals surface area contributed by atoms with Gasteiger partial charge in [-0.1, -0.05) is 50.2 Å². The van der Waals surface area contributed by atoms with Crippen molar-refractivity contribution in [1.29, 1.82) is 0 Å². The lowest BCUT2D eigenvalue weighted by atomic mass is 9.97. The molecule has 2 amide bonds. The van der Waals surface area contributed by atoms with Gasteiger partial charge in [-0.15, -0.1) is 0 Å². The van der Waals surface area contributed by atoms with Crippen molar-refractivity contribution in [2.24, 2.45) is 5.92 Å². The third-order valence-electron chi connectivity index (χ3n) is 5.98. The van der Waals surface area contributed by atoms with Gasteiger partial charge in [-0.05, 0) is 59.0 Å². The first-order valence-corrected chi connectivity index (χ1v) is 11.1. The molecule has 0 radical (unpaired) electrons. The molecule has 34 heavy (non-hydrogen) atoms. The van der Waals surface area contributed by atoms with Crippen LogP contribution in [0.2, 0.25) is 0 Å². The minimum atomic E-state index is -4.42. The van der Waals surface area contributed by atoms with Crippen molar-refractivity contribution in [3.05, 3.63) is 89.0 Å². The van der Waals surface area contributed by atoms with E-state index in [-0.39, 0.29) is 17.7 Å². The lowest BCUT2D eigenvalue weighted by molar-refractivity contribution is -0.137. The third-order valence-corrected chi connectivity index (χ3v) is 5.98. The number of fused-ring (bicyclic) bond motifs is 1. The Kier molecular flexibility index (Phi) is 6.46. The molecule has 1 aliphatic rings. The van der Waals surface area contributed by atoms with Crippen LogP contribution in [-0.2, 0) is 23.9 Å². The van der Waals surface area contributed by atoms with Crippen LogP contribution >= 0.6 is 0 Å². The number of alkyl halides is 3. The van der Waals surface area contributed by atoms with Crippen molar-refractivity contribution >= 4 is 17.5 Å². The quantitative estimate of drug-likeness (QED) is 0.500. The molecule has 3 aromatic carbocycles. The minimum Gasteiger partial charge on any atom is -0.338 e. The molecule has 4 nitrogen and oxygen atoms in total. The van der Waals surface area contributed by atoms with E-state index in [1.807, 2.05) is 30.9 Å². The predicted molar refractivity (Wildman–Crippen MR) is 125 cm³/mol. The normalized spacial score (nSPS) is 13.5. The maximum atomic E-state index is 13.1. The fraction of sp³-hybridized carbons (Fsp3) is 0.259. The van der Waals surface area contributed by atoms with Gasteiger partial charge in [0.15, 0.2) is 0 Å². The molecule has 0 aliphatic carbocycles. The Balaban J connectivity index is 1.53. The van der Waals surface area contributed by atoms with Gasteiger partial charge in [0.05, 0.1) is 5.56 Å². The fourth-order valence-electron chi connectivity index (χ4n) is 4.15. The van der Waals surface area contributed by atoms with E-state index in [0.29, 0.717) is 41.9 Å². The van der Waals surface area contributed by atoms with E-state index >= 15 is 0 Å². The number of halogens is 3. The molecule has 7 heteroatoms. The maximum Gasteiger partial charge on any atom is 0.416 e. The molecule has 1 N–H and O–H groups in total. The largest absolute Gasteiger partial charge is 0.416 e.